The molecule has 2 heterocycles. The molecule has 168 valence electrons. The molecule has 1 amide bonds. The number of carbonyl (C=O) groups excluding carboxylic acids is 1. The van der Waals surface area contributed by atoms with Gasteiger partial charge in [0.1, 0.15) is 0 Å². The summed E-state index contributed by atoms with van der Waals surface area (Å²) in [5, 5.41) is 22.1. The normalized spacial score (nSPS) is 21.2. The second kappa shape index (κ2) is 8.90. The molecule has 1 unspecified atom stereocenters. The van der Waals surface area contributed by atoms with E-state index in [0.717, 1.165) is 12.1 Å². The van der Waals surface area contributed by atoms with Gasteiger partial charge in [-0.3, -0.25) is 9.52 Å². The summed E-state index contributed by atoms with van der Waals surface area (Å²) >= 11 is 0. The maximum Gasteiger partial charge on any atom is 0.237 e. The number of aliphatic hydroxyl groups is 1. The van der Waals surface area contributed by atoms with Crippen LogP contribution in [0.25, 0.3) is 0 Å². The van der Waals surface area contributed by atoms with Gasteiger partial charge in [0.05, 0.1) is 35.1 Å². The van der Waals surface area contributed by atoms with Crippen LogP contribution in [0.15, 0.2) is 42.5 Å². The van der Waals surface area contributed by atoms with Crippen molar-refractivity contribution < 1.29 is 18.3 Å². The molecule has 2 aliphatic heterocycles. The predicted octanol–water partition coefficient (Wildman–Crippen LogP) is 1.49. The van der Waals surface area contributed by atoms with Gasteiger partial charge in [0, 0.05) is 32.6 Å². The van der Waals surface area contributed by atoms with E-state index in [0.29, 0.717) is 41.9 Å². The van der Waals surface area contributed by atoms with E-state index in [1.54, 1.807) is 43.4 Å². The Bertz CT molecular complexity index is 1170. The zero-order valence-corrected chi connectivity index (χ0v) is 18.6. The smallest absolute Gasteiger partial charge is 0.237 e. The van der Waals surface area contributed by atoms with E-state index >= 15 is 0 Å². The van der Waals surface area contributed by atoms with Gasteiger partial charge in [-0.25, -0.2) is 8.42 Å². The van der Waals surface area contributed by atoms with Gasteiger partial charge in [-0.2, -0.15) is 5.26 Å². The number of sulfonamides is 1. The third-order valence-electron chi connectivity index (χ3n) is 6.18. The van der Waals surface area contributed by atoms with Crippen molar-refractivity contribution in [1.29, 1.82) is 5.26 Å². The predicted molar refractivity (Wildman–Crippen MR) is 120 cm³/mol. The van der Waals surface area contributed by atoms with E-state index in [1.165, 1.54) is 0 Å². The number of hydrogen-bond acceptors (Lipinski definition) is 6. The Labute approximate surface area is 187 Å². The van der Waals surface area contributed by atoms with Crippen LogP contribution in [0.5, 0.6) is 0 Å². The molecule has 0 aromatic heterocycles. The van der Waals surface area contributed by atoms with Gasteiger partial charge in [-0.1, -0.05) is 24.3 Å². The molecule has 8 nitrogen and oxygen atoms in total. The lowest BCUT2D eigenvalue weighted by atomic mass is 9.79. The van der Waals surface area contributed by atoms with Crippen LogP contribution in [-0.2, 0) is 20.6 Å². The lowest BCUT2D eigenvalue weighted by molar-refractivity contribution is -0.122. The van der Waals surface area contributed by atoms with Crippen molar-refractivity contribution >= 4 is 21.6 Å². The van der Waals surface area contributed by atoms with Crippen molar-refractivity contribution in [3.05, 3.63) is 64.7 Å². The number of nitrogens with zero attached hydrogens (tertiary/aromatic N) is 2. The highest BCUT2D eigenvalue weighted by Gasteiger charge is 2.35. The number of benzene rings is 2. The zero-order chi connectivity index (χ0) is 22.9. The Balaban J connectivity index is 1.78. The number of amides is 1. The molecule has 4 rings (SSSR count). The number of likely N-dealkylation sites (N-methyl/N-ethyl adjacent to an activating group) is 1. The summed E-state index contributed by atoms with van der Waals surface area (Å²) in [6.07, 6.45) is 0.282. The number of hydrogen-bond donors (Lipinski definition) is 3. The number of likely N-dealkylation sites (tertiary alicyclic amines) is 1. The van der Waals surface area contributed by atoms with Gasteiger partial charge in [0.2, 0.25) is 15.9 Å². The topological polar surface area (TPSA) is 123 Å². The van der Waals surface area contributed by atoms with Crippen LogP contribution in [0.3, 0.4) is 0 Å². The standard InChI is InChI=1S/C23H26N4O4S/c1-25-23(29)22(17-5-6-18-14-32(30,31)26-21(18)10-17)20(13-27-8-7-19(28)12-27)16-4-2-3-15(9-16)11-24/h2-6,9-10,19-20,22,26,28H,7-8,12-14H2,1H3,(H,25,29)/t19-,20+,22?/m0/s1. The molecule has 0 aliphatic carbocycles. The van der Waals surface area contributed by atoms with Gasteiger partial charge in [0.15, 0.2) is 0 Å². The number of nitriles is 1. The quantitative estimate of drug-likeness (QED) is 0.608. The van der Waals surface area contributed by atoms with Gasteiger partial charge < -0.3 is 15.3 Å². The number of rotatable bonds is 6. The van der Waals surface area contributed by atoms with Gasteiger partial charge in [-0.05, 0) is 41.3 Å². The summed E-state index contributed by atoms with van der Waals surface area (Å²) in [5.41, 5.74) is 3.22. The highest BCUT2D eigenvalue weighted by atomic mass is 32.2. The summed E-state index contributed by atoms with van der Waals surface area (Å²) in [6.45, 7) is 1.77. The minimum absolute atomic E-state index is 0.0768. The van der Waals surface area contributed by atoms with Crippen LogP contribution in [0, 0.1) is 11.3 Å². The second-order valence-electron chi connectivity index (χ2n) is 8.42. The molecule has 2 aromatic rings. The molecule has 1 fully saturated rings. The second-order valence-corrected chi connectivity index (χ2v) is 10.1. The van der Waals surface area contributed by atoms with E-state index in [4.69, 9.17) is 0 Å². The van der Waals surface area contributed by atoms with E-state index < -0.39 is 22.0 Å². The monoisotopic (exact) mass is 454 g/mol. The third kappa shape index (κ3) is 4.63. The first-order valence-electron chi connectivity index (χ1n) is 10.5. The summed E-state index contributed by atoms with van der Waals surface area (Å²) in [7, 11) is -1.83. The largest absolute Gasteiger partial charge is 0.392 e. The lowest BCUT2D eigenvalue weighted by Gasteiger charge is -2.31. The van der Waals surface area contributed by atoms with Crippen LogP contribution in [-0.4, -0.2) is 57.1 Å². The molecule has 0 bridgehead atoms. The Morgan fingerprint density at radius 3 is 2.81 bits per heavy atom. The Kier molecular flexibility index (Phi) is 6.20. The number of aliphatic hydroxyl groups excluding tert-OH is 1. The van der Waals surface area contributed by atoms with Crippen LogP contribution < -0.4 is 10.0 Å². The van der Waals surface area contributed by atoms with Crippen LogP contribution >= 0.6 is 0 Å². The highest BCUT2D eigenvalue weighted by molar-refractivity contribution is 7.92. The first-order valence-corrected chi connectivity index (χ1v) is 12.2. The molecule has 0 spiro atoms. The van der Waals surface area contributed by atoms with Gasteiger partial charge >= 0.3 is 0 Å². The number of anilines is 1. The van der Waals surface area contributed by atoms with Crippen LogP contribution in [0.1, 0.15) is 40.5 Å². The lowest BCUT2D eigenvalue weighted by Crippen LogP contribution is -2.36. The zero-order valence-electron chi connectivity index (χ0n) is 17.8. The molecular formula is C23H26N4O4S. The third-order valence-corrected chi connectivity index (χ3v) is 7.40. The number of fused-ring (bicyclic) bond motifs is 1. The Morgan fingerprint density at radius 2 is 2.12 bits per heavy atom. The Morgan fingerprint density at radius 1 is 1.31 bits per heavy atom. The van der Waals surface area contributed by atoms with Crippen LogP contribution in [0.2, 0.25) is 0 Å². The fourth-order valence-electron chi connectivity index (χ4n) is 4.64. The number of nitrogens with one attached hydrogen (secondary N) is 2. The average molecular weight is 455 g/mol. The molecule has 0 radical (unpaired) electrons. The first-order chi connectivity index (χ1) is 15.3. The van der Waals surface area contributed by atoms with E-state index in [1.807, 2.05) is 6.07 Å². The molecule has 3 atom stereocenters. The van der Waals surface area contributed by atoms with Gasteiger partial charge in [-0.15, -0.1) is 0 Å². The van der Waals surface area contributed by atoms with E-state index in [9.17, 15) is 23.6 Å². The summed E-state index contributed by atoms with van der Waals surface area (Å²) in [4.78, 5) is 15.3. The number of carbonyl (C=O) groups is 1. The molecule has 9 heteroatoms. The Hall–Kier alpha value is -2.93. The molecular weight excluding hydrogens is 428 g/mol. The summed E-state index contributed by atoms with van der Waals surface area (Å²) in [6, 6.07) is 14.7. The minimum atomic E-state index is -3.40. The van der Waals surface area contributed by atoms with Crippen LogP contribution in [0.4, 0.5) is 5.69 Å². The minimum Gasteiger partial charge on any atom is -0.392 e. The first kappa shape index (κ1) is 22.3. The fraction of sp³-hybridized carbons (Fsp3) is 0.391. The molecule has 3 N–H and O–H groups in total. The molecule has 2 aliphatic rings. The fourth-order valence-corrected chi connectivity index (χ4v) is 5.90. The molecule has 2 aromatic carbocycles. The van der Waals surface area contributed by atoms with E-state index in [-0.39, 0.29) is 17.6 Å². The van der Waals surface area contributed by atoms with Crippen molar-refractivity contribution in [2.75, 3.05) is 31.4 Å². The summed E-state index contributed by atoms with van der Waals surface area (Å²) < 4.78 is 26.5. The van der Waals surface area contributed by atoms with Crippen molar-refractivity contribution in [3.8, 4) is 6.07 Å². The van der Waals surface area contributed by atoms with Crippen molar-refractivity contribution in [3.63, 3.8) is 0 Å². The van der Waals surface area contributed by atoms with E-state index in [2.05, 4.69) is 21.0 Å². The SMILES string of the molecule is CNC(=O)C(c1ccc2c(c1)NS(=O)(=O)C2)[C@H](CN1CC[C@H](O)C1)c1cccc(C#N)c1. The maximum atomic E-state index is 13.2. The average Bonchev–Trinajstić information content (AvgIpc) is 3.33. The van der Waals surface area contributed by atoms with Crippen molar-refractivity contribution in [2.24, 2.45) is 0 Å². The highest BCUT2D eigenvalue weighted by Crippen LogP contribution is 2.38. The van der Waals surface area contributed by atoms with Gasteiger partial charge in [0.25, 0.3) is 0 Å². The van der Waals surface area contributed by atoms with Crippen molar-refractivity contribution in [1.82, 2.24) is 10.2 Å². The molecule has 1 saturated heterocycles. The molecule has 0 saturated carbocycles. The maximum absolute atomic E-state index is 13.2. The molecule has 32 heavy (non-hydrogen) atoms. The van der Waals surface area contributed by atoms with Crippen molar-refractivity contribution in [2.45, 2.75) is 30.1 Å². The summed E-state index contributed by atoms with van der Waals surface area (Å²) in [5.74, 6) is -1.18. The number of β-amino-alcohol motifs (C(OH)–C–C–N with tert-alkyl or cyclic N) is 1.